The number of anilines is 1. The number of rotatable bonds is 2. The molecule has 0 saturated carbocycles. The molecule has 1 aromatic rings. The Morgan fingerprint density at radius 2 is 2.23 bits per heavy atom. The molecule has 0 spiro atoms. The van der Waals surface area contributed by atoms with Gasteiger partial charge in [0.25, 0.3) is 5.91 Å². The van der Waals surface area contributed by atoms with E-state index in [0.717, 1.165) is 23.4 Å². The molecular weight excluding hydrogens is 282 g/mol. The fourth-order valence-electron chi connectivity index (χ4n) is 2.94. The van der Waals surface area contributed by atoms with Gasteiger partial charge in [-0.3, -0.25) is 9.59 Å². The summed E-state index contributed by atoms with van der Waals surface area (Å²) in [6.45, 7) is 2.78. The standard InChI is InChI=1S/C16H19N3O3/c1-10-7-11-8-12(22-2)3-5-14(11)19(9-10)16(21)13-4-6-15(20)18-17-13/h3,5,8,10H,4,6-7,9H2,1-2H3,(H,18,20). The molecule has 0 fully saturated rings. The summed E-state index contributed by atoms with van der Waals surface area (Å²) in [4.78, 5) is 25.7. The number of carbonyl (C=O) groups is 2. The van der Waals surface area contributed by atoms with Gasteiger partial charge in [-0.2, -0.15) is 5.10 Å². The van der Waals surface area contributed by atoms with Gasteiger partial charge in [0.15, 0.2) is 0 Å². The quantitative estimate of drug-likeness (QED) is 0.899. The summed E-state index contributed by atoms with van der Waals surface area (Å²) in [7, 11) is 1.64. The lowest BCUT2D eigenvalue weighted by Crippen LogP contribution is -2.44. The van der Waals surface area contributed by atoms with E-state index in [1.165, 1.54) is 0 Å². The van der Waals surface area contributed by atoms with E-state index in [1.807, 2.05) is 18.2 Å². The Morgan fingerprint density at radius 1 is 1.41 bits per heavy atom. The molecule has 22 heavy (non-hydrogen) atoms. The summed E-state index contributed by atoms with van der Waals surface area (Å²) in [5.74, 6) is 0.886. The normalized spacial score (nSPS) is 20.8. The Balaban J connectivity index is 1.91. The van der Waals surface area contributed by atoms with Crippen molar-refractivity contribution in [1.29, 1.82) is 0 Å². The fraction of sp³-hybridized carbons (Fsp3) is 0.438. The van der Waals surface area contributed by atoms with Crippen molar-refractivity contribution in [3.63, 3.8) is 0 Å². The SMILES string of the molecule is COc1ccc2c(c1)CC(C)CN2C(=O)C1=NNC(=O)CC1. The third-order valence-electron chi connectivity index (χ3n) is 4.04. The molecule has 0 aromatic heterocycles. The van der Waals surface area contributed by atoms with Crippen LogP contribution >= 0.6 is 0 Å². The highest BCUT2D eigenvalue weighted by Gasteiger charge is 2.30. The van der Waals surface area contributed by atoms with Gasteiger partial charge in [0.05, 0.1) is 7.11 Å². The minimum Gasteiger partial charge on any atom is -0.497 e. The second kappa shape index (κ2) is 5.79. The summed E-state index contributed by atoms with van der Waals surface area (Å²) in [6.07, 6.45) is 1.62. The van der Waals surface area contributed by atoms with E-state index in [9.17, 15) is 9.59 Å². The van der Waals surface area contributed by atoms with Crippen molar-refractivity contribution in [2.75, 3.05) is 18.6 Å². The lowest BCUT2D eigenvalue weighted by Gasteiger charge is -2.34. The minimum atomic E-state index is -0.145. The number of methoxy groups -OCH3 is 1. The third-order valence-corrected chi connectivity index (χ3v) is 4.04. The van der Waals surface area contributed by atoms with Crippen LogP contribution < -0.4 is 15.1 Å². The molecule has 2 amide bonds. The van der Waals surface area contributed by atoms with Crippen molar-refractivity contribution in [3.8, 4) is 5.75 Å². The molecule has 6 nitrogen and oxygen atoms in total. The van der Waals surface area contributed by atoms with E-state index in [2.05, 4.69) is 17.5 Å². The fourth-order valence-corrected chi connectivity index (χ4v) is 2.94. The molecule has 0 bridgehead atoms. The number of carbonyl (C=O) groups excluding carboxylic acids is 2. The molecule has 2 heterocycles. The zero-order valence-electron chi connectivity index (χ0n) is 12.8. The van der Waals surface area contributed by atoms with Crippen LogP contribution in [-0.2, 0) is 16.0 Å². The smallest absolute Gasteiger partial charge is 0.274 e. The predicted molar refractivity (Wildman–Crippen MR) is 83.0 cm³/mol. The van der Waals surface area contributed by atoms with Gasteiger partial charge in [-0.15, -0.1) is 0 Å². The first-order valence-electron chi connectivity index (χ1n) is 7.42. The molecule has 1 atom stereocenters. The molecular formula is C16H19N3O3. The van der Waals surface area contributed by atoms with Gasteiger partial charge in [-0.1, -0.05) is 6.92 Å². The molecule has 0 radical (unpaired) electrons. The molecule has 1 unspecified atom stereocenters. The first-order valence-corrected chi connectivity index (χ1v) is 7.42. The van der Waals surface area contributed by atoms with E-state index < -0.39 is 0 Å². The average Bonchev–Trinajstić information content (AvgIpc) is 2.53. The zero-order chi connectivity index (χ0) is 15.7. The van der Waals surface area contributed by atoms with Crippen LogP contribution in [0.3, 0.4) is 0 Å². The maximum atomic E-state index is 12.7. The number of nitrogens with zero attached hydrogens (tertiary/aromatic N) is 2. The van der Waals surface area contributed by atoms with Crippen molar-refractivity contribution in [2.45, 2.75) is 26.2 Å². The monoisotopic (exact) mass is 301 g/mol. The van der Waals surface area contributed by atoms with Gasteiger partial charge in [0.1, 0.15) is 11.5 Å². The number of ether oxygens (including phenoxy) is 1. The van der Waals surface area contributed by atoms with Gasteiger partial charge < -0.3 is 9.64 Å². The summed E-state index contributed by atoms with van der Waals surface area (Å²) < 4.78 is 5.26. The Hall–Kier alpha value is -2.37. The Labute approximate surface area is 129 Å². The molecule has 2 aliphatic heterocycles. The second-order valence-electron chi connectivity index (χ2n) is 5.81. The molecule has 2 aliphatic rings. The number of hydrazone groups is 1. The third kappa shape index (κ3) is 2.68. The summed E-state index contributed by atoms with van der Waals surface area (Å²) in [5.41, 5.74) is 4.81. The molecule has 0 aliphatic carbocycles. The highest BCUT2D eigenvalue weighted by Crippen LogP contribution is 2.33. The predicted octanol–water partition coefficient (Wildman–Crippen LogP) is 1.49. The van der Waals surface area contributed by atoms with Crippen LogP contribution in [0.5, 0.6) is 5.75 Å². The lowest BCUT2D eigenvalue weighted by atomic mass is 9.93. The topological polar surface area (TPSA) is 71.0 Å². The molecule has 1 N–H and O–H groups in total. The van der Waals surface area contributed by atoms with Gasteiger partial charge >= 0.3 is 0 Å². The number of fused-ring (bicyclic) bond motifs is 1. The van der Waals surface area contributed by atoms with Crippen LogP contribution in [0.1, 0.15) is 25.3 Å². The zero-order valence-corrected chi connectivity index (χ0v) is 12.8. The van der Waals surface area contributed by atoms with E-state index in [1.54, 1.807) is 12.0 Å². The number of hydrogen-bond donors (Lipinski definition) is 1. The lowest BCUT2D eigenvalue weighted by molar-refractivity contribution is -0.121. The van der Waals surface area contributed by atoms with Gasteiger partial charge in [0.2, 0.25) is 5.91 Å². The number of amides is 2. The van der Waals surface area contributed by atoms with Gasteiger partial charge in [-0.25, -0.2) is 5.43 Å². The average molecular weight is 301 g/mol. The van der Waals surface area contributed by atoms with E-state index >= 15 is 0 Å². The van der Waals surface area contributed by atoms with E-state index in [-0.39, 0.29) is 11.8 Å². The van der Waals surface area contributed by atoms with Crippen LogP contribution in [0.2, 0.25) is 0 Å². The molecule has 1 aromatic carbocycles. The first-order chi connectivity index (χ1) is 10.6. The second-order valence-corrected chi connectivity index (χ2v) is 5.81. The number of hydrogen-bond acceptors (Lipinski definition) is 4. The van der Waals surface area contributed by atoms with E-state index in [0.29, 0.717) is 31.0 Å². The van der Waals surface area contributed by atoms with Crippen LogP contribution in [0.15, 0.2) is 23.3 Å². The molecule has 116 valence electrons. The largest absolute Gasteiger partial charge is 0.497 e. The number of benzene rings is 1. The highest BCUT2D eigenvalue weighted by atomic mass is 16.5. The van der Waals surface area contributed by atoms with Crippen LogP contribution in [0.4, 0.5) is 5.69 Å². The molecule has 3 rings (SSSR count). The van der Waals surface area contributed by atoms with Crippen LogP contribution in [0, 0.1) is 5.92 Å². The molecule has 0 saturated heterocycles. The van der Waals surface area contributed by atoms with Crippen molar-refractivity contribution in [3.05, 3.63) is 23.8 Å². The number of nitrogens with one attached hydrogen (secondary N) is 1. The van der Waals surface area contributed by atoms with Crippen molar-refractivity contribution < 1.29 is 14.3 Å². The van der Waals surface area contributed by atoms with Gasteiger partial charge in [0, 0.05) is 25.1 Å². The Kier molecular flexibility index (Phi) is 3.83. The summed E-state index contributed by atoms with van der Waals surface area (Å²) in [5, 5.41) is 3.92. The van der Waals surface area contributed by atoms with Crippen molar-refractivity contribution >= 4 is 23.2 Å². The molecule has 6 heteroatoms. The Bertz CT molecular complexity index is 654. The van der Waals surface area contributed by atoms with E-state index in [4.69, 9.17) is 4.74 Å². The Morgan fingerprint density at radius 3 is 2.91 bits per heavy atom. The van der Waals surface area contributed by atoms with Crippen LogP contribution in [0.25, 0.3) is 0 Å². The minimum absolute atomic E-state index is 0.127. The summed E-state index contributed by atoms with van der Waals surface area (Å²) in [6, 6.07) is 5.76. The van der Waals surface area contributed by atoms with Crippen LogP contribution in [-0.4, -0.2) is 31.2 Å². The van der Waals surface area contributed by atoms with Gasteiger partial charge in [-0.05, 0) is 36.1 Å². The maximum Gasteiger partial charge on any atom is 0.274 e. The maximum absolute atomic E-state index is 12.7. The van der Waals surface area contributed by atoms with Crippen molar-refractivity contribution in [2.24, 2.45) is 11.0 Å². The first kappa shape index (κ1) is 14.6. The highest BCUT2D eigenvalue weighted by molar-refractivity contribution is 6.44. The summed E-state index contributed by atoms with van der Waals surface area (Å²) >= 11 is 0. The van der Waals surface area contributed by atoms with Crippen molar-refractivity contribution in [1.82, 2.24) is 5.43 Å².